The van der Waals surface area contributed by atoms with Gasteiger partial charge in [-0.3, -0.25) is 9.69 Å². The molecule has 160 valence electrons. The molecule has 1 N–H and O–H groups in total. The van der Waals surface area contributed by atoms with Crippen LogP contribution < -0.4 is 20.5 Å². The lowest BCUT2D eigenvalue weighted by Gasteiger charge is -2.38. The lowest BCUT2D eigenvalue weighted by atomic mass is 9.84. The highest BCUT2D eigenvalue weighted by Gasteiger charge is 2.31. The smallest absolute Gasteiger partial charge is 0.255 e. The molecule has 3 aliphatic heterocycles. The van der Waals surface area contributed by atoms with E-state index in [1.807, 2.05) is 19.1 Å². The predicted molar refractivity (Wildman–Crippen MR) is 120 cm³/mol. The summed E-state index contributed by atoms with van der Waals surface area (Å²) in [5.41, 5.74) is 3.57. The van der Waals surface area contributed by atoms with Gasteiger partial charge < -0.3 is 19.5 Å². The van der Waals surface area contributed by atoms with E-state index < -0.39 is 0 Å². The fourth-order valence-electron chi connectivity index (χ4n) is 5.34. The van der Waals surface area contributed by atoms with Crippen LogP contribution in [0.25, 0.3) is 0 Å². The molecule has 2 atom stereocenters. The minimum absolute atomic E-state index is 0.230. The van der Waals surface area contributed by atoms with Crippen LogP contribution in [0.1, 0.15) is 30.5 Å². The molecule has 1 aromatic carbocycles. The summed E-state index contributed by atoms with van der Waals surface area (Å²) in [7, 11) is 0. The standard InChI is InChI=1S/C24H32N4O2/c1-2-30-23-6-4-3-5-22(23)27-11-9-26(10-12-27)17-19-7-8-21-20-13-18(14-25-15-20)16-28(21)24(19)29/h3-8,18,20,25H,2,9-17H2,1H3/t18-,20+/m0/s1. The molecule has 2 saturated heterocycles. The number of piperazine rings is 1. The number of nitrogens with zero attached hydrogens (tertiary/aromatic N) is 3. The number of benzene rings is 1. The van der Waals surface area contributed by atoms with Crippen LogP contribution in [0.4, 0.5) is 5.69 Å². The van der Waals surface area contributed by atoms with Gasteiger partial charge in [0, 0.05) is 63.0 Å². The zero-order valence-corrected chi connectivity index (χ0v) is 17.8. The molecule has 0 saturated carbocycles. The van der Waals surface area contributed by atoms with Crippen LogP contribution in [0, 0.1) is 5.92 Å². The van der Waals surface area contributed by atoms with Gasteiger partial charge in [-0.25, -0.2) is 0 Å². The first kappa shape index (κ1) is 19.6. The highest BCUT2D eigenvalue weighted by Crippen LogP contribution is 2.32. The summed E-state index contributed by atoms with van der Waals surface area (Å²) in [6, 6.07) is 12.6. The van der Waals surface area contributed by atoms with Gasteiger partial charge in [-0.1, -0.05) is 18.2 Å². The maximum Gasteiger partial charge on any atom is 0.255 e. The Bertz CT molecular complexity index is 948. The zero-order valence-electron chi connectivity index (χ0n) is 17.8. The first-order valence-corrected chi connectivity index (χ1v) is 11.4. The van der Waals surface area contributed by atoms with Crippen molar-refractivity contribution in [3.63, 3.8) is 0 Å². The van der Waals surface area contributed by atoms with Gasteiger partial charge in [0.25, 0.3) is 5.56 Å². The van der Waals surface area contributed by atoms with Crippen molar-refractivity contribution >= 4 is 5.69 Å². The van der Waals surface area contributed by atoms with Gasteiger partial charge in [-0.15, -0.1) is 0 Å². The molecule has 3 aliphatic rings. The molecule has 1 aromatic heterocycles. The highest BCUT2D eigenvalue weighted by molar-refractivity contribution is 5.58. The van der Waals surface area contributed by atoms with Crippen LogP contribution in [0.15, 0.2) is 41.2 Å². The van der Waals surface area contributed by atoms with E-state index in [-0.39, 0.29) is 5.56 Å². The number of anilines is 1. The molecule has 2 aromatic rings. The molecule has 2 fully saturated rings. The number of aromatic nitrogens is 1. The Balaban J connectivity index is 1.26. The number of rotatable bonds is 5. The summed E-state index contributed by atoms with van der Waals surface area (Å²) >= 11 is 0. The summed E-state index contributed by atoms with van der Waals surface area (Å²) in [5, 5.41) is 3.52. The highest BCUT2D eigenvalue weighted by atomic mass is 16.5. The monoisotopic (exact) mass is 408 g/mol. The minimum atomic E-state index is 0.230. The number of ether oxygens (including phenoxy) is 1. The minimum Gasteiger partial charge on any atom is -0.492 e. The number of fused-ring (bicyclic) bond motifs is 4. The summed E-state index contributed by atoms with van der Waals surface area (Å²) < 4.78 is 7.88. The molecule has 0 radical (unpaired) electrons. The number of hydrogen-bond donors (Lipinski definition) is 1. The van der Waals surface area contributed by atoms with Gasteiger partial charge >= 0.3 is 0 Å². The van der Waals surface area contributed by atoms with Gasteiger partial charge in [-0.05, 0) is 44.0 Å². The normalized spacial score (nSPS) is 23.8. The lowest BCUT2D eigenvalue weighted by molar-refractivity contribution is 0.240. The van der Waals surface area contributed by atoms with E-state index in [9.17, 15) is 4.79 Å². The quantitative estimate of drug-likeness (QED) is 0.823. The maximum atomic E-state index is 13.2. The van der Waals surface area contributed by atoms with Crippen molar-refractivity contribution in [2.24, 2.45) is 5.92 Å². The summed E-state index contributed by atoms with van der Waals surface area (Å²) in [6.45, 7) is 10.2. The van der Waals surface area contributed by atoms with E-state index in [4.69, 9.17) is 4.74 Å². The summed E-state index contributed by atoms with van der Waals surface area (Å²) in [5.74, 6) is 2.05. The fraction of sp³-hybridized carbons (Fsp3) is 0.542. The second-order valence-electron chi connectivity index (χ2n) is 8.82. The molecule has 0 amide bonds. The van der Waals surface area contributed by atoms with Crippen molar-refractivity contribution in [1.29, 1.82) is 0 Å². The number of para-hydroxylation sites is 2. The van der Waals surface area contributed by atoms with Crippen molar-refractivity contribution in [3.05, 3.63) is 58.0 Å². The van der Waals surface area contributed by atoms with Gasteiger partial charge in [0.05, 0.1) is 12.3 Å². The van der Waals surface area contributed by atoms with Crippen LogP contribution in [0.5, 0.6) is 5.75 Å². The fourth-order valence-corrected chi connectivity index (χ4v) is 5.34. The average Bonchev–Trinajstić information content (AvgIpc) is 2.78. The Morgan fingerprint density at radius 1 is 1.07 bits per heavy atom. The van der Waals surface area contributed by atoms with Crippen LogP contribution >= 0.6 is 0 Å². The van der Waals surface area contributed by atoms with Crippen molar-refractivity contribution in [1.82, 2.24) is 14.8 Å². The number of pyridine rings is 1. The number of hydrogen-bond acceptors (Lipinski definition) is 5. The maximum absolute atomic E-state index is 13.2. The van der Waals surface area contributed by atoms with Crippen LogP contribution in [-0.2, 0) is 13.1 Å². The molecule has 2 bridgehead atoms. The number of nitrogens with one attached hydrogen (secondary N) is 1. The van der Waals surface area contributed by atoms with Crippen LogP contribution in [-0.4, -0.2) is 55.3 Å². The average molecular weight is 409 g/mol. The van der Waals surface area contributed by atoms with Gasteiger partial charge in [-0.2, -0.15) is 0 Å². The molecule has 5 rings (SSSR count). The van der Waals surface area contributed by atoms with E-state index in [0.29, 0.717) is 18.4 Å². The summed E-state index contributed by atoms with van der Waals surface area (Å²) in [6.07, 6.45) is 1.22. The molecule has 4 heterocycles. The van der Waals surface area contributed by atoms with Crippen molar-refractivity contribution in [2.45, 2.75) is 32.4 Å². The molecular weight excluding hydrogens is 376 g/mol. The third kappa shape index (κ3) is 3.74. The van der Waals surface area contributed by atoms with Gasteiger partial charge in [0.1, 0.15) is 5.75 Å². The Morgan fingerprint density at radius 3 is 2.73 bits per heavy atom. The molecule has 6 nitrogen and oxygen atoms in total. The van der Waals surface area contributed by atoms with Crippen LogP contribution in [0.2, 0.25) is 0 Å². The van der Waals surface area contributed by atoms with E-state index in [2.05, 4.69) is 43.9 Å². The Morgan fingerprint density at radius 2 is 1.90 bits per heavy atom. The first-order chi connectivity index (χ1) is 14.7. The molecule has 0 spiro atoms. The molecule has 30 heavy (non-hydrogen) atoms. The van der Waals surface area contributed by atoms with Gasteiger partial charge in [0.2, 0.25) is 0 Å². The molecular formula is C24H32N4O2. The third-order valence-corrected chi connectivity index (χ3v) is 6.86. The predicted octanol–water partition coefficient (Wildman–Crippen LogP) is 2.28. The first-order valence-electron chi connectivity index (χ1n) is 11.4. The zero-order chi connectivity index (χ0) is 20.5. The molecule has 0 unspecified atom stereocenters. The SMILES string of the molecule is CCOc1ccccc1N1CCN(Cc2ccc3n(c2=O)C[C@@H]2CNC[C@H]3C2)CC1. The lowest BCUT2D eigenvalue weighted by Crippen LogP contribution is -2.48. The molecule has 0 aliphatic carbocycles. The summed E-state index contributed by atoms with van der Waals surface area (Å²) in [4.78, 5) is 18.0. The number of piperidine rings is 1. The van der Waals surface area contributed by atoms with E-state index in [1.165, 1.54) is 17.8 Å². The third-order valence-electron chi connectivity index (χ3n) is 6.86. The second-order valence-corrected chi connectivity index (χ2v) is 8.82. The Labute approximate surface area is 178 Å². The Kier molecular flexibility index (Phi) is 5.52. The van der Waals surface area contributed by atoms with E-state index >= 15 is 0 Å². The van der Waals surface area contributed by atoms with Crippen molar-refractivity contribution in [2.75, 3.05) is 50.8 Å². The second kappa shape index (κ2) is 8.44. The molecule has 6 heteroatoms. The largest absolute Gasteiger partial charge is 0.492 e. The van der Waals surface area contributed by atoms with Gasteiger partial charge in [0.15, 0.2) is 0 Å². The van der Waals surface area contributed by atoms with Crippen molar-refractivity contribution < 1.29 is 4.74 Å². The van der Waals surface area contributed by atoms with E-state index in [0.717, 1.165) is 63.7 Å². The Hall–Kier alpha value is -2.31. The van der Waals surface area contributed by atoms with Crippen molar-refractivity contribution in [3.8, 4) is 5.75 Å². The van der Waals surface area contributed by atoms with Crippen LogP contribution in [0.3, 0.4) is 0 Å². The van der Waals surface area contributed by atoms with E-state index in [1.54, 1.807) is 0 Å². The topological polar surface area (TPSA) is 49.7 Å².